The Morgan fingerprint density at radius 3 is 2.95 bits per heavy atom. The maximum Gasteiger partial charge on any atom is 0.271 e. The first-order chi connectivity index (χ1) is 9.70. The predicted octanol–water partition coefficient (Wildman–Crippen LogP) is 2.35. The molecule has 112 valence electrons. The van der Waals surface area contributed by atoms with Gasteiger partial charge in [-0.25, -0.2) is 0 Å². The van der Waals surface area contributed by atoms with Gasteiger partial charge in [0.25, 0.3) is 5.91 Å². The molecular weight excluding hydrogens is 254 g/mol. The highest BCUT2D eigenvalue weighted by molar-refractivity contribution is 5.92. The Bertz CT molecular complexity index is 425. The number of aromatic nitrogens is 2. The molecule has 1 amide bonds. The Morgan fingerprint density at radius 2 is 2.25 bits per heavy atom. The molecule has 0 saturated heterocycles. The molecule has 1 aliphatic rings. The van der Waals surface area contributed by atoms with Crippen LogP contribution in [0.3, 0.4) is 0 Å². The quantitative estimate of drug-likeness (QED) is 0.748. The van der Waals surface area contributed by atoms with Crippen LogP contribution < -0.4 is 5.32 Å². The largest absolute Gasteiger partial charge is 0.391 e. The summed E-state index contributed by atoms with van der Waals surface area (Å²) in [5.74, 6) is 0.307. The van der Waals surface area contributed by atoms with Crippen molar-refractivity contribution < 1.29 is 9.90 Å². The molecule has 1 aliphatic carbocycles. The van der Waals surface area contributed by atoms with Crippen LogP contribution in [0, 0.1) is 0 Å². The molecule has 3 N–H and O–H groups in total. The zero-order chi connectivity index (χ0) is 14.4. The third-order valence-electron chi connectivity index (χ3n) is 4.00. The lowest BCUT2D eigenvalue weighted by atomic mass is 9.87. The van der Waals surface area contributed by atoms with Gasteiger partial charge < -0.3 is 10.4 Å². The van der Waals surface area contributed by atoms with Gasteiger partial charge in [-0.3, -0.25) is 9.89 Å². The Kier molecular flexibility index (Phi) is 5.59. The molecule has 1 fully saturated rings. The smallest absolute Gasteiger partial charge is 0.271 e. The van der Waals surface area contributed by atoms with Crippen molar-refractivity contribution in [2.45, 2.75) is 63.9 Å². The minimum absolute atomic E-state index is 0.210. The SMILES string of the molecule is CCCC(O)CNC(=O)c1cc(C2CCCCC2)[nH]n1. The molecule has 1 saturated carbocycles. The molecule has 0 bridgehead atoms. The average Bonchev–Trinajstić information content (AvgIpc) is 2.96. The second-order valence-corrected chi connectivity index (χ2v) is 5.70. The zero-order valence-electron chi connectivity index (χ0n) is 12.2. The van der Waals surface area contributed by atoms with E-state index in [2.05, 4.69) is 15.5 Å². The molecule has 1 atom stereocenters. The first kappa shape index (κ1) is 15.0. The summed E-state index contributed by atoms with van der Waals surface area (Å²) in [5.41, 5.74) is 1.50. The van der Waals surface area contributed by atoms with Crippen molar-refractivity contribution in [2.75, 3.05) is 6.54 Å². The fourth-order valence-electron chi connectivity index (χ4n) is 2.81. The Hall–Kier alpha value is -1.36. The van der Waals surface area contributed by atoms with Gasteiger partial charge in [0, 0.05) is 18.2 Å². The Labute approximate surface area is 120 Å². The average molecular weight is 279 g/mol. The van der Waals surface area contributed by atoms with Crippen molar-refractivity contribution in [3.05, 3.63) is 17.5 Å². The number of aliphatic hydroxyl groups is 1. The van der Waals surface area contributed by atoms with E-state index in [1.54, 1.807) is 0 Å². The molecule has 1 aromatic rings. The van der Waals surface area contributed by atoms with Gasteiger partial charge in [0.05, 0.1) is 6.10 Å². The predicted molar refractivity (Wildman–Crippen MR) is 77.7 cm³/mol. The van der Waals surface area contributed by atoms with Crippen LogP contribution in [0.15, 0.2) is 6.07 Å². The van der Waals surface area contributed by atoms with Crippen LogP contribution in [0.4, 0.5) is 0 Å². The number of H-pyrrole nitrogens is 1. The van der Waals surface area contributed by atoms with Gasteiger partial charge in [0.2, 0.25) is 0 Å². The third kappa shape index (κ3) is 4.07. The van der Waals surface area contributed by atoms with Gasteiger partial charge in [0.1, 0.15) is 5.69 Å². The van der Waals surface area contributed by atoms with Gasteiger partial charge in [-0.2, -0.15) is 5.10 Å². The van der Waals surface area contributed by atoms with Crippen LogP contribution in [0.2, 0.25) is 0 Å². The van der Waals surface area contributed by atoms with Crippen LogP contribution in [0.25, 0.3) is 0 Å². The fraction of sp³-hybridized carbons (Fsp3) is 0.733. The van der Waals surface area contributed by atoms with E-state index < -0.39 is 6.10 Å². The molecule has 1 heterocycles. The molecule has 0 aliphatic heterocycles. The standard InChI is InChI=1S/C15H25N3O2/c1-2-6-12(19)10-16-15(20)14-9-13(17-18-14)11-7-4-3-5-8-11/h9,11-12,19H,2-8,10H2,1H3,(H,16,20)(H,17,18). The number of nitrogens with zero attached hydrogens (tertiary/aromatic N) is 1. The van der Waals surface area contributed by atoms with Crippen LogP contribution in [0.5, 0.6) is 0 Å². The third-order valence-corrected chi connectivity index (χ3v) is 4.00. The van der Waals surface area contributed by atoms with Crippen molar-refractivity contribution in [1.82, 2.24) is 15.5 Å². The van der Waals surface area contributed by atoms with E-state index in [4.69, 9.17) is 0 Å². The number of aromatic amines is 1. The monoisotopic (exact) mass is 279 g/mol. The lowest BCUT2D eigenvalue weighted by Crippen LogP contribution is -2.32. The fourth-order valence-corrected chi connectivity index (χ4v) is 2.81. The van der Waals surface area contributed by atoms with Gasteiger partial charge in [-0.15, -0.1) is 0 Å². The summed E-state index contributed by atoms with van der Waals surface area (Å²) in [7, 11) is 0. The first-order valence-corrected chi connectivity index (χ1v) is 7.72. The lowest BCUT2D eigenvalue weighted by Gasteiger charge is -2.19. The van der Waals surface area contributed by atoms with Gasteiger partial charge in [-0.05, 0) is 25.3 Å². The van der Waals surface area contributed by atoms with Crippen LogP contribution in [0.1, 0.15) is 74.0 Å². The van der Waals surface area contributed by atoms with E-state index in [9.17, 15) is 9.90 Å². The highest BCUT2D eigenvalue weighted by Crippen LogP contribution is 2.31. The van der Waals surface area contributed by atoms with Crippen LogP contribution in [-0.4, -0.2) is 33.9 Å². The van der Waals surface area contributed by atoms with E-state index in [0.29, 0.717) is 18.0 Å². The summed E-state index contributed by atoms with van der Waals surface area (Å²) in [4.78, 5) is 11.9. The van der Waals surface area contributed by atoms with Crippen molar-refractivity contribution in [1.29, 1.82) is 0 Å². The summed E-state index contributed by atoms with van der Waals surface area (Å²) < 4.78 is 0. The number of carbonyl (C=O) groups excluding carboxylic acids is 1. The number of aliphatic hydroxyl groups excluding tert-OH is 1. The highest BCUT2D eigenvalue weighted by atomic mass is 16.3. The molecule has 5 nitrogen and oxygen atoms in total. The summed E-state index contributed by atoms with van der Waals surface area (Å²) in [5, 5.41) is 19.4. The number of nitrogens with one attached hydrogen (secondary N) is 2. The number of carbonyl (C=O) groups is 1. The van der Waals surface area contributed by atoms with E-state index in [1.165, 1.54) is 32.1 Å². The number of amides is 1. The molecule has 20 heavy (non-hydrogen) atoms. The Morgan fingerprint density at radius 1 is 1.50 bits per heavy atom. The summed E-state index contributed by atoms with van der Waals surface area (Å²) in [6.45, 7) is 2.30. The molecule has 2 rings (SSSR count). The second-order valence-electron chi connectivity index (χ2n) is 5.70. The molecular formula is C15H25N3O2. The normalized spacial score (nSPS) is 17.9. The van der Waals surface area contributed by atoms with E-state index >= 15 is 0 Å². The van der Waals surface area contributed by atoms with Crippen LogP contribution >= 0.6 is 0 Å². The minimum Gasteiger partial charge on any atom is -0.391 e. The topological polar surface area (TPSA) is 78.0 Å². The maximum absolute atomic E-state index is 11.9. The molecule has 5 heteroatoms. The van der Waals surface area contributed by atoms with E-state index in [-0.39, 0.29) is 12.5 Å². The molecule has 0 aromatic carbocycles. The van der Waals surface area contributed by atoms with E-state index in [1.807, 2.05) is 13.0 Å². The maximum atomic E-state index is 11.9. The first-order valence-electron chi connectivity index (χ1n) is 7.72. The summed E-state index contributed by atoms with van der Waals surface area (Å²) >= 11 is 0. The van der Waals surface area contributed by atoms with Crippen molar-refractivity contribution in [3.63, 3.8) is 0 Å². The highest BCUT2D eigenvalue weighted by Gasteiger charge is 2.19. The summed E-state index contributed by atoms with van der Waals surface area (Å²) in [6, 6.07) is 1.86. The minimum atomic E-state index is -0.472. The molecule has 0 radical (unpaired) electrons. The Balaban J connectivity index is 1.86. The van der Waals surface area contributed by atoms with E-state index in [0.717, 1.165) is 12.1 Å². The molecule has 0 spiro atoms. The number of hydrogen-bond donors (Lipinski definition) is 3. The molecule has 1 unspecified atom stereocenters. The lowest BCUT2D eigenvalue weighted by molar-refractivity contribution is 0.0905. The van der Waals surface area contributed by atoms with Gasteiger partial charge >= 0.3 is 0 Å². The molecule has 1 aromatic heterocycles. The number of rotatable bonds is 6. The van der Waals surface area contributed by atoms with Crippen molar-refractivity contribution in [3.8, 4) is 0 Å². The second kappa shape index (κ2) is 7.43. The van der Waals surface area contributed by atoms with Crippen molar-refractivity contribution >= 4 is 5.91 Å². The number of hydrogen-bond acceptors (Lipinski definition) is 3. The van der Waals surface area contributed by atoms with Crippen LogP contribution in [-0.2, 0) is 0 Å². The summed E-state index contributed by atoms with van der Waals surface area (Å²) in [6.07, 6.45) is 7.33. The zero-order valence-corrected chi connectivity index (χ0v) is 12.2. The van der Waals surface area contributed by atoms with Gasteiger partial charge in [0.15, 0.2) is 0 Å². The van der Waals surface area contributed by atoms with Gasteiger partial charge in [-0.1, -0.05) is 32.6 Å². The van der Waals surface area contributed by atoms with Crippen molar-refractivity contribution in [2.24, 2.45) is 0 Å².